The lowest BCUT2D eigenvalue weighted by Crippen LogP contribution is -2.22. The third-order valence-electron chi connectivity index (χ3n) is 3.53. The highest BCUT2D eigenvalue weighted by Crippen LogP contribution is 2.32. The smallest absolute Gasteiger partial charge is 0.159 e. The van der Waals surface area contributed by atoms with Gasteiger partial charge in [0.05, 0.1) is 17.1 Å². The van der Waals surface area contributed by atoms with Crippen LogP contribution < -0.4 is 0 Å². The SMILES string of the molecule is COC(C(C)O)n1c2ccccc2c2ccccc21. The van der Waals surface area contributed by atoms with Crippen molar-refractivity contribution in [3.05, 3.63) is 48.5 Å². The predicted molar refractivity (Wildman–Crippen MR) is 77.2 cm³/mol. The summed E-state index contributed by atoms with van der Waals surface area (Å²) in [5, 5.41) is 12.3. The maximum Gasteiger partial charge on any atom is 0.159 e. The van der Waals surface area contributed by atoms with Gasteiger partial charge in [-0.25, -0.2) is 0 Å². The molecule has 3 aromatic rings. The molecular formula is C16H17NO2. The third-order valence-corrected chi connectivity index (χ3v) is 3.53. The number of aliphatic hydroxyl groups excluding tert-OH is 1. The van der Waals surface area contributed by atoms with Crippen molar-refractivity contribution in [3.63, 3.8) is 0 Å². The molecule has 0 saturated carbocycles. The maximum absolute atomic E-state index is 9.96. The van der Waals surface area contributed by atoms with E-state index < -0.39 is 6.10 Å². The van der Waals surface area contributed by atoms with Crippen molar-refractivity contribution in [2.45, 2.75) is 19.3 Å². The molecule has 1 heterocycles. The zero-order chi connectivity index (χ0) is 13.4. The van der Waals surface area contributed by atoms with Crippen molar-refractivity contribution in [2.24, 2.45) is 0 Å². The maximum atomic E-state index is 9.96. The summed E-state index contributed by atoms with van der Waals surface area (Å²) in [5.41, 5.74) is 2.16. The second kappa shape index (κ2) is 4.68. The van der Waals surface area contributed by atoms with Gasteiger partial charge in [-0.1, -0.05) is 36.4 Å². The molecule has 0 aliphatic rings. The quantitative estimate of drug-likeness (QED) is 0.779. The van der Waals surface area contributed by atoms with Gasteiger partial charge in [0.2, 0.25) is 0 Å². The molecule has 1 N–H and O–H groups in total. The molecule has 0 amide bonds. The molecule has 2 unspecified atom stereocenters. The van der Waals surface area contributed by atoms with Gasteiger partial charge in [0, 0.05) is 17.9 Å². The van der Waals surface area contributed by atoms with Crippen molar-refractivity contribution >= 4 is 21.8 Å². The fourth-order valence-corrected chi connectivity index (χ4v) is 2.74. The minimum absolute atomic E-state index is 0.384. The first kappa shape index (κ1) is 12.2. The van der Waals surface area contributed by atoms with E-state index >= 15 is 0 Å². The third kappa shape index (κ3) is 1.82. The average molecular weight is 255 g/mol. The highest BCUT2D eigenvalue weighted by Gasteiger charge is 2.21. The van der Waals surface area contributed by atoms with E-state index in [0.717, 1.165) is 11.0 Å². The minimum Gasteiger partial charge on any atom is -0.389 e. The Bertz CT molecular complexity index is 662. The zero-order valence-electron chi connectivity index (χ0n) is 11.1. The van der Waals surface area contributed by atoms with Crippen LogP contribution in [0.5, 0.6) is 0 Å². The molecule has 2 aromatic carbocycles. The van der Waals surface area contributed by atoms with Crippen LogP contribution in [0, 0.1) is 0 Å². The number of fused-ring (bicyclic) bond motifs is 3. The van der Waals surface area contributed by atoms with E-state index in [-0.39, 0.29) is 6.23 Å². The molecule has 3 rings (SSSR count). The fraction of sp³-hybridized carbons (Fsp3) is 0.250. The van der Waals surface area contributed by atoms with Gasteiger partial charge in [-0.15, -0.1) is 0 Å². The molecule has 0 saturated heterocycles. The highest BCUT2D eigenvalue weighted by atomic mass is 16.5. The molecule has 3 nitrogen and oxygen atoms in total. The molecule has 3 heteroatoms. The van der Waals surface area contributed by atoms with Crippen LogP contribution in [0.2, 0.25) is 0 Å². The Morgan fingerprint density at radius 3 is 1.84 bits per heavy atom. The first-order valence-electron chi connectivity index (χ1n) is 6.42. The van der Waals surface area contributed by atoms with Crippen LogP contribution in [0.1, 0.15) is 13.2 Å². The van der Waals surface area contributed by atoms with Crippen LogP contribution in [0.3, 0.4) is 0 Å². The summed E-state index contributed by atoms with van der Waals surface area (Å²) in [6.07, 6.45) is -0.964. The largest absolute Gasteiger partial charge is 0.389 e. The Kier molecular flexibility index (Phi) is 3.01. The number of methoxy groups -OCH3 is 1. The number of para-hydroxylation sites is 2. The summed E-state index contributed by atoms with van der Waals surface area (Å²) in [6, 6.07) is 16.4. The fourth-order valence-electron chi connectivity index (χ4n) is 2.74. The molecule has 0 bridgehead atoms. The van der Waals surface area contributed by atoms with Gasteiger partial charge in [-0.05, 0) is 19.1 Å². The Morgan fingerprint density at radius 2 is 1.42 bits per heavy atom. The van der Waals surface area contributed by atoms with Gasteiger partial charge < -0.3 is 14.4 Å². The summed E-state index contributed by atoms with van der Waals surface area (Å²) < 4.78 is 7.55. The second-order valence-electron chi connectivity index (χ2n) is 4.77. The molecule has 19 heavy (non-hydrogen) atoms. The Hall–Kier alpha value is -1.84. The van der Waals surface area contributed by atoms with Gasteiger partial charge in [0.1, 0.15) is 0 Å². The monoisotopic (exact) mass is 255 g/mol. The number of benzene rings is 2. The summed E-state index contributed by atoms with van der Waals surface area (Å²) in [6.45, 7) is 1.75. The number of aliphatic hydroxyl groups is 1. The van der Waals surface area contributed by atoms with E-state index in [9.17, 15) is 5.11 Å². The Labute approximate surface area is 112 Å². The van der Waals surface area contributed by atoms with Gasteiger partial charge in [0.15, 0.2) is 6.23 Å². The molecular weight excluding hydrogens is 238 g/mol. The number of ether oxygens (including phenoxy) is 1. The van der Waals surface area contributed by atoms with Crippen LogP contribution in [0.25, 0.3) is 21.8 Å². The Balaban J connectivity index is 2.42. The van der Waals surface area contributed by atoms with Gasteiger partial charge >= 0.3 is 0 Å². The highest BCUT2D eigenvalue weighted by molar-refractivity contribution is 6.08. The normalized spacial score (nSPS) is 14.9. The van der Waals surface area contributed by atoms with Crippen LogP contribution in [-0.2, 0) is 4.74 Å². The number of aromatic nitrogens is 1. The molecule has 0 fully saturated rings. The first-order chi connectivity index (χ1) is 9.24. The van der Waals surface area contributed by atoms with Crippen molar-refractivity contribution in [1.29, 1.82) is 0 Å². The Morgan fingerprint density at radius 1 is 0.947 bits per heavy atom. The van der Waals surface area contributed by atoms with E-state index in [4.69, 9.17) is 4.74 Å². The van der Waals surface area contributed by atoms with Crippen LogP contribution in [0.4, 0.5) is 0 Å². The molecule has 0 radical (unpaired) electrons. The molecule has 98 valence electrons. The van der Waals surface area contributed by atoms with E-state index in [1.807, 2.05) is 24.3 Å². The minimum atomic E-state index is -0.579. The summed E-state index contributed by atoms with van der Waals surface area (Å²) in [4.78, 5) is 0. The average Bonchev–Trinajstić information content (AvgIpc) is 2.75. The van der Waals surface area contributed by atoms with Crippen molar-refractivity contribution in [3.8, 4) is 0 Å². The van der Waals surface area contributed by atoms with Crippen LogP contribution in [0.15, 0.2) is 48.5 Å². The van der Waals surface area contributed by atoms with Crippen molar-refractivity contribution in [2.75, 3.05) is 7.11 Å². The molecule has 0 aliphatic heterocycles. The molecule has 0 aliphatic carbocycles. The predicted octanol–water partition coefficient (Wildman–Crippen LogP) is 3.32. The van der Waals surface area contributed by atoms with Crippen LogP contribution >= 0.6 is 0 Å². The van der Waals surface area contributed by atoms with Gasteiger partial charge in [-0.3, -0.25) is 0 Å². The zero-order valence-corrected chi connectivity index (χ0v) is 11.1. The van der Waals surface area contributed by atoms with E-state index in [1.54, 1.807) is 14.0 Å². The number of nitrogens with zero attached hydrogens (tertiary/aromatic N) is 1. The standard InChI is InChI=1S/C16H17NO2/c1-11(18)16(19-2)17-14-9-5-3-7-12(14)13-8-4-6-10-15(13)17/h3-11,16,18H,1-2H3. The number of rotatable bonds is 3. The van der Waals surface area contributed by atoms with Crippen LogP contribution in [-0.4, -0.2) is 22.9 Å². The summed E-state index contributed by atoms with van der Waals surface area (Å²) >= 11 is 0. The van der Waals surface area contributed by atoms with Gasteiger partial charge in [0.25, 0.3) is 0 Å². The van der Waals surface area contributed by atoms with E-state index in [2.05, 4.69) is 28.8 Å². The van der Waals surface area contributed by atoms with Gasteiger partial charge in [-0.2, -0.15) is 0 Å². The molecule has 0 spiro atoms. The summed E-state index contributed by atoms with van der Waals surface area (Å²) in [7, 11) is 1.63. The van der Waals surface area contributed by atoms with Crippen molar-refractivity contribution in [1.82, 2.24) is 4.57 Å². The topological polar surface area (TPSA) is 34.4 Å². The number of hydrogen-bond donors (Lipinski definition) is 1. The second-order valence-corrected chi connectivity index (χ2v) is 4.77. The molecule has 1 aromatic heterocycles. The lowest BCUT2D eigenvalue weighted by molar-refractivity contribution is -0.0442. The lowest BCUT2D eigenvalue weighted by Gasteiger charge is -2.22. The first-order valence-corrected chi connectivity index (χ1v) is 6.42. The van der Waals surface area contributed by atoms with Crippen molar-refractivity contribution < 1.29 is 9.84 Å². The number of hydrogen-bond acceptors (Lipinski definition) is 2. The summed E-state index contributed by atoms with van der Waals surface area (Å²) in [5.74, 6) is 0. The molecule has 2 atom stereocenters. The van der Waals surface area contributed by atoms with E-state index in [0.29, 0.717) is 0 Å². The lowest BCUT2D eigenvalue weighted by atomic mass is 10.2. The van der Waals surface area contributed by atoms with E-state index in [1.165, 1.54) is 10.8 Å².